The average molecular weight is 247 g/mol. The van der Waals surface area contributed by atoms with Crippen LogP contribution in [0, 0.1) is 12.7 Å². The van der Waals surface area contributed by atoms with Crippen molar-refractivity contribution >= 4 is 0 Å². The Kier molecular flexibility index (Phi) is 3.77. The summed E-state index contributed by atoms with van der Waals surface area (Å²) in [6, 6.07) is 8.85. The van der Waals surface area contributed by atoms with E-state index in [0.717, 1.165) is 11.4 Å². The van der Waals surface area contributed by atoms with Crippen molar-refractivity contribution in [3.8, 4) is 0 Å². The fourth-order valence-corrected chi connectivity index (χ4v) is 2.02. The third-order valence-electron chi connectivity index (χ3n) is 3.06. The van der Waals surface area contributed by atoms with Gasteiger partial charge in [-0.1, -0.05) is 18.2 Å². The summed E-state index contributed by atoms with van der Waals surface area (Å²) in [4.78, 5) is 0. The van der Waals surface area contributed by atoms with E-state index in [2.05, 4.69) is 10.4 Å². The van der Waals surface area contributed by atoms with E-state index in [9.17, 15) is 4.39 Å². The summed E-state index contributed by atoms with van der Waals surface area (Å²) in [7, 11) is 1.91. The molecule has 1 N–H and O–H groups in total. The van der Waals surface area contributed by atoms with Crippen LogP contribution in [0.25, 0.3) is 0 Å². The Hall–Kier alpha value is -1.68. The molecule has 0 saturated carbocycles. The third kappa shape index (κ3) is 2.76. The lowest BCUT2D eigenvalue weighted by atomic mass is 10.1. The highest BCUT2D eigenvalue weighted by Gasteiger charge is 2.10. The Bertz CT molecular complexity index is 534. The smallest absolute Gasteiger partial charge is 0.127 e. The van der Waals surface area contributed by atoms with Crippen LogP contribution in [0.1, 0.15) is 29.9 Å². The molecule has 0 spiro atoms. The van der Waals surface area contributed by atoms with Crippen LogP contribution in [0.15, 0.2) is 30.3 Å². The van der Waals surface area contributed by atoms with Gasteiger partial charge in [0.25, 0.3) is 0 Å². The van der Waals surface area contributed by atoms with Crippen molar-refractivity contribution in [2.45, 2.75) is 26.4 Å². The summed E-state index contributed by atoms with van der Waals surface area (Å²) in [5.74, 6) is -0.168. The Labute approximate surface area is 107 Å². The Morgan fingerprint density at radius 3 is 2.72 bits per heavy atom. The maximum atomic E-state index is 13.6. The quantitative estimate of drug-likeness (QED) is 0.900. The number of aryl methyl sites for hydroxylation is 2. The molecule has 0 amide bonds. The lowest BCUT2D eigenvalue weighted by Gasteiger charge is -2.14. The highest BCUT2D eigenvalue weighted by Crippen LogP contribution is 2.16. The van der Waals surface area contributed by atoms with Crippen LogP contribution in [0.5, 0.6) is 0 Å². The number of benzene rings is 1. The van der Waals surface area contributed by atoms with E-state index in [1.165, 1.54) is 6.07 Å². The molecule has 2 aromatic rings. The van der Waals surface area contributed by atoms with Crippen molar-refractivity contribution < 1.29 is 4.39 Å². The lowest BCUT2D eigenvalue weighted by molar-refractivity contribution is 0.515. The van der Waals surface area contributed by atoms with Gasteiger partial charge in [-0.25, -0.2) is 4.39 Å². The molecule has 4 heteroatoms. The second-order valence-corrected chi connectivity index (χ2v) is 4.52. The number of hydrogen-bond acceptors (Lipinski definition) is 2. The molecule has 96 valence electrons. The van der Waals surface area contributed by atoms with Crippen LogP contribution in [0.2, 0.25) is 0 Å². The maximum absolute atomic E-state index is 13.6. The molecule has 1 heterocycles. The molecular formula is C14H18FN3. The molecule has 2 rings (SSSR count). The largest absolute Gasteiger partial charge is 0.304 e. The Morgan fingerprint density at radius 1 is 1.39 bits per heavy atom. The minimum Gasteiger partial charge on any atom is -0.304 e. The normalized spacial score (nSPS) is 12.7. The summed E-state index contributed by atoms with van der Waals surface area (Å²) in [5.41, 5.74) is 2.78. The first-order valence-electron chi connectivity index (χ1n) is 6.05. The predicted molar refractivity (Wildman–Crippen MR) is 69.6 cm³/mol. The van der Waals surface area contributed by atoms with E-state index in [-0.39, 0.29) is 11.9 Å². The number of nitrogens with one attached hydrogen (secondary N) is 1. The standard InChI is InChI=1S/C14H18FN3/c1-10-8-12(18(3)17-10)9-16-11(2)13-6-4-5-7-14(13)15/h4-8,11,16H,9H2,1-3H3. The van der Waals surface area contributed by atoms with Crippen LogP contribution in [0.4, 0.5) is 4.39 Å². The molecule has 1 aromatic carbocycles. The minimum atomic E-state index is -0.168. The number of aromatic nitrogens is 2. The van der Waals surface area contributed by atoms with Gasteiger partial charge >= 0.3 is 0 Å². The van der Waals surface area contributed by atoms with Gasteiger partial charge in [0.1, 0.15) is 5.82 Å². The van der Waals surface area contributed by atoms with Gasteiger partial charge in [0, 0.05) is 25.2 Å². The molecule has 0 aliphatic carbocycles. The molecule has 3 nitrogen and oxygen atoms in total. The van der Waals surface area contributed by atoms with E-state index in [4.69, 9.17) is 0 Å². The van der Waals surface area contributed by atoms with Crippen molar-refractivity contribution in [2.75, 3.05) is 0 Å². The van der Waals surface area contributed by atoms with E-state index in [0.29, 0.717) is 12.1 Å². The van der Waals surface area contributed by atoms with Crippen LogP contribution in [0.3, 0.4) is 0 Å². The van der Waals surface area contributed by atoms with Crippen molar-refractivity contribution in [2.24, 2.45) is 7.05 Å². The second kappa shape index (κ2) is 5.31. The van der Waals surface area contributed by atoms with Gasteiger partial charge in [0.15, 0.2) is 0 Å². The molecule has 1 atom stereocenters. The first kappa shape index (κ1) is 12.8. The summed E-state index contributed by atoms with van der Waals surface area (Å²) in [5, 5.41) is 7.59. The summed E-state index contributed by atoms with van der Waals surface area (Å²) in [6.07, 6.45) is 0. The van der Waals surface area contributed by atoms with Gasteiger partial charge in [0.05, 0.1) is 11.4 Å². The molecule has 1 aromatic heterocycles. The van der Waals surface area contributed by atoms with Crippen molar-refractivity contribution in [3.63, 3.8) is 0 Å². The monoisotopic (exact) mass is 247 g/mol. The zero-order valence-electron chi connectivity index (χ0n) is 10.9. The highest BCUT2D eigenvalue weighted by molar-refractivity contribution is 5.20. The van der Waals surface area contributed by atoms with E-state index >= 15 is 0 Å². The minimum absolute atomic E-state index is 0.0265. The van der Waals surface area contributed by atoms with Crippen LogP contribution in [-0.2, 0) is 13.6 Å². The van der Waals surface area contributed by atoms with Crippen LogP contribution in [-0.4, -0.2) is 9.78 Å². The van der Waals surface area contributed by atoms with Gasteiger partial charge in [0.2, 0.25) is 0 Å². The Balaban J connectivity index is 2.03. The second-order valence-electron chi connectivity index (χ2n) is 4.52. The lowest BCUT2D eigenvalue weighted by Crippen LogP contribution is -2.20. The molecule has 1 unspecified atom stereocenters. The molecular weight excluding hydrogens is 229 g/mol. The maximum Gasteiger partial charge on any atom is 0.127 e. The first-order chi connectivity index (χ1) is 8.58. The average Bonchev–Trinajstić information content (AvgIpc) is 2.65. The zero-order chi connectivity index (χ0) is 13.1. The summed E-state index contributed by atoms with van der Waals surface area (Å²) < 4.78 is 15.4. The van der Waals surface area contributed by atoms with Crippen LogP contribution < -0.4 is 5.32 Å². The van der Waals surface area contributed by atoms with Crippen molar-refractivity contribution in [1.82, 2.24) is 15.1 Å². The van der Waals surface area contributed by atoms with Gasteiger partial charge in [-0.05, 0) is 26.0 Å². The van der Waals surface area contributed by atoms with Gasteiger partial charge in [-0.3, -0.25) is 4.68 Å². The van der Waals surface area contributed by atoms with Gasteiger partial charge in [-0.2, -0.15) is 5.10 Å². The number of rotatable bonds is 4. The third-order valence-corrected chi connectivity index (χ3v) is 3.06. The SMILES string of the molecule is Cc1cc(CNC(C)c2ccccc2F)n(C)n1. The van der Waals surface area contributed by atoms with Gasteiger partial charge < -0.3 is 5.32 Å². The van der Waals surface area contributed by atoms with E-state index < -0.39 is 0 Å². The van der Waals surface area contributed by atoms with Gasteiger partial charge in [-0.15, -0.1) is 0 Å². The highest BCUT2D eigenvalue weighted by atomic mass is 19.1. The Morgan fingerprint density at radius 2 is 2.11 bits per heavy atom. The van der Waals surface area contributed by atoms with Crippen LogP contribution >= 0.6 is 0 Å². The molecule has 0 aliphatic heterocycles. The summed E-state index contributed by atoms with van der Waals surface area (Å²) >= 11 is 0. The van der Waals surface area contributed by atoms with E-state index in [1.54, 1.807) is 6.07 Å². The predicted octanol–water partition coefficient (Wildman–Crippen LogP) is 2.72. The number of hydrogen-bond donors (Lipinski definition) is 1. The molecule has 0 fully saturated rings. The molecule has 0 bridgehead atoms. The van der Waals surface area contributed by atoms with E-state index in [1.807, 2.05) is 43.8 Å². The molecule has 18 heavy (non-hydrogen) atoms. The first-order valence-corrected chi connectivity index (χ1v) is 6.05. The number of halogens is 1. The fourth-order valence-electron chi connectivity index (χ4n) is 2.02. The molecule has 0 aliphatic rings. The zero-order valence-corrected chi connectivity index (χ0v) is 10.9. The fraction of sp³-hybridized carbons (Fsp3) is 0.357. The van der Waals surface area contributed by atoms with Crippen molar-refractivity contribution in [1.29, 1.82) is 0 Å². The molecule has 0 radical (unpaired) electrons. The topological polar surface area (TPSA) is 29.9 Å². The molecule has 0 saturated heterocycles. The summed E-state index contributed by atoms with van der Waals surface area (Å²) in [6.45, 7) is 4.60. The van der Waals surface area contributed by atoms with Crippen molar-refractivity contribution in [3.05, 3.63) is 53.1 Å². The number of nitrogens with zero attached hydrogens (tertiary/aromatic N) is 2.